The number of aromatic nitrogens is 1. The fourth-order valence-electron chi connectivity index (χ4n) is 3.12. The van der Waals surface area contributed by atoms with E-state index in [0.29, 0.717) is 11.3 Å². The lowest BCUT2D eigenvalue weighted by Gasteiger charge is -2.10. The molecule has 33 heavy (non-hydrogen) atoms. The lowest BCUT2D eigenvalue weighted by atomic mass is 10.0. The van der Waals surface area contributed by atoms with Crippen molar-refractivity contribution in [3.05, 3.63) is 78.4 Å². The highest BCUT2D eigenvalue weighted by Crippen LogP contribution is 2.26. The smallest absolute Gasteiger partial charge is 0.485 e. The molecule has 7 nitrogen and oxygen atoms in total. The van der Waals surface area contributed by atoms with Crippen molar-refractivity contribution in [2.24, 2.45) is 7.05 Å². The fraction of sp³-hybridized carbons (Fsp3) is 0.0909. The van der Waals surface area contributed by atoms with Crippen molar-refractivity contribution >= 4 is 37.9 Å². The molecular weight excluding hydrogens is 463 g/mol. The summed E-state index contributed by atoms with van der Waals surface area (Å²) in [5, 5.41) is 11.1. The molecule has 0 aliphatic heterocycles. The van der Waals surface area contributed by atoms with Gasteiger partial charge in [0.25, 0.3) is 0 Å². The first-order valence-corrected chi connectivity index (χ1v) is 10.6. The molecule has 0 amide bonds. The lowest BCUT2D eigenvalue weighted by Crippen LogP contribution is -2.31. The summed E-state index contributed by atoms with van der Waals surface area (Å²) in [4.78, 5) is 12.9. The average Bonchev–Trinajstić information content (AvgIpc) is 2.75. The van der Waals surface area contributed by atoms with Crippen LogP contribution in [0.15, 0.2) is 72.8 Å². The van der Waals surface area contributed by atoms with Gasteiger partial charge in [-0.15, -0.1) is 0 Å². The number of carbonyl (C=O) groups is 1. The molecule has 0 aliphatic carbocycles. The number of pyridine rings is 1. The molecule has 0 saturated carbocycles. The summed E-state index contributed by atoms with van der Waals surface area (Å²) in [5.74, 6) is 0.102. The van der Waals surface area contributed by atoms with Gasteiger partial charge in [-0.3, -0.25) is 0 Å². The SMILES string of the molecule is C[n+]1c2ccccc2c(C(=O)Oc2ccc(O)cc2)c2ccccc21.O=S(=O)([O-])C(F)(F)F. The molecule has 0 saturated heterocycles. The Labute approximate surface area is 186 Å². The van der Waals surface area contributed by atoms with Crippen LogP contribution in [0.5, 0.6) is 11.5 Å². The number of phenols is 1. The summed E-state index contributed by atoms with van der Waals surface area (Å²) in [6, 6.07) is 21.7. The summed E-state index contributed by atoms with van der Waals surface area (Å²) in [7, 11) is -4.10. The van der Waals surface area contributed by atoms with E-state index in [9.17, 15) is 23.1 Å². The molecule has 4 rings (SSSR count). The average molecular weight is 479 g/mol. The highest BCUT2D eigenvalue weighted by atomic mass is 32.2. The number of aromatic hydroxyl groups is 1. The van der Waals surface area contributed by atoms with Gasteiger partial charge in [0.1, 0.15) is 18.5 Å². The van der Waals surface area contributed by atoms with Crippen molar-refractivity contribution in [3.63, 3.8) is 0 Å². The van der Waals surface area contributed by atoms with Gasteiger partial charge in [0, 0.05) is 12.1 Å². The first kappa shape index (κ1) is 24.0. The van der Waals surface area contributed by atoms with Crippen LogP contribution >= 0.6 is 0 Å². The van der Waals surface area contributed by atoms with Crippen LogP contribution < -0.4 is 9.30 Å². The lowest BCUT2D eigenvalue weighted by molar-refractivity contribution is -0.617. The van der Waals surface area contributed by atoms with Crippen molar-refractivity contribution in [1.82, 2.24) is 0 Å². The van der Waals surface area contributed by atoms with Gasteiger partial charge in [-0.25, -0.2) is 13.2 Å². The number of hydrogen-bond acceptors (Lipinski definition) is 6. The zero-order chi connectivity index (χ0) is 24.4. The van der Waals surface area contributed by atoms with Crippen molar-refractivity contribution in [3.8, 4) is 11.5 Å². The Bertz CT molecular complexity index is 1380. The first-order valence-electron chi connectivity index (χ1n) is 9.23. The summed E-state index contributed by atoms with van der Waals surface area (Å²) in [6.07, 6.45) is 0. The van der Waals surface area contributed by atoms with Crippen LogP contribution in [0.4, 0.5) is 13.2 Å². The molecule has 0 fully saturated rings. The van der Waals surface area contributed by atoms with Crippen LogP contribution in [0.1, 0.15) is 10.4 Å². The van der Waals surface area contributed by atoms with E-state index in [1.54, 1.807) is 12.1 Å². The van der Waals surface area contributed by atoms with Crippen molar-refractivity contribution in [1.29, 1.82) is 0 Å². The Balaban J connectivity index is 0.000000331. The van der Waals surface area contributed by atoms with Gasteiger partial charge in [0.05, 0.1) is 16.3 Å². The van der Waals surface area contributed by atoms with E-state index >= 15 is 0 Å². The van der Waals surface area contributed by atoms with Gasteiger partial charge in [-0.1, -0.05) is 24.3 Å². The van der Waals surface area contributed by atoms with Gasteiger partial charge in [0.2, 0.25) is 11.0 Å². The number of alkyl halides is 3. The molecule has 4 aromatic rings. The van der Waals surface area contributed by atoms with E-state index in [0.717, 1.165) is 21.8 Å². The second-order valence-corrected chi connectivity index (χ2v) is 8.12. The van der Waals surface area contributed by atoms with Crippen molar-refractivity contribution in [2.45, 2.75) is 5.51 Å². The fourth-order valence-corrected chi connectivity index (χ4v) is 3.12. The van der Waals surface area contributed by atoms with Gasteiger partial charge in [-0.2, -0.15) is 17.7 Å². The molecule has 172 valence electrons. The molecule has 0 atom stereocenters. The number of esters is 1. The second kappa shape index (κ2) is 9.04. The minimum atomic E-state index is -6.09. The number of fused-ring (bicyclic) bond motifs is 2. The molecule has 0 spiro atoms. The molecule has 1 N–H and O–H groups in total. The number of halogens is 3. The molecular formula is C22H16F3NO6S. The highest BCUT2D eigenvalue weighted by molar-refractivity contribution is 7.86. The van der Waals surface area contributed by atoms with Crippen LogP contribution in [0.2, 0.25) is 0 Å². The maximum atomic E-state index is 12.9. The third-order valence-corrected chi connectivity index (χ3v) is 5.17. The number of hydrogen-bond donors (Lipinski definition) is 1. The van der Waals surface area contributed by atoms with Gasteiger partial charge in [0.15, 0.2) is 10.1 Å². The molecule has 1 heterocycles. The number of benzene rings is 3. The van der Waals surface area contributed by atoms with Crippen molar-refractivity contribution < 1.29 is 45.3 Å². The van der Waals surface area contributed by atoms with Crippen LogP contribution in [0.25, 0.3) is 21.8 Å². The molecule has 1 aromatic heterocycles. The minimum absolute atomic E-state index is 0.127. The number of phenolic OH excluding ortho intramolecular Hbond substituents is 1. The van der Waals surface area contributed by atoms with Gasteiger partial charge >= 0.3 is 11.5 Å². The summed E-state index contributed by atoms with van der Waals surface area (Å²) in [6.45, 7) is 0. The number of rotatable bonds is 2. The number of carbonyl (C=O) groups excluding carboxylic acids is 1. The predicted molar refractivity (Wildman–Crippen MR) is 111 cm³/mol. The van der Waals surface area contributed by atoms with Gasteiger partial charge < -0.3 is 14.4 Å². The van der Waals surface area contributed by atoms with E-state index in [-0.39, 0.29) is 5.75 Å². The first-order chi connectivity index (χ1) is 15.4. The Kier molecular flexibility index (Phi) is 6.56. The quantitative estimate of drug-likeness (QED) is 0.117. The molecule has 0 unspecified atom stereocenters. The zero-order valence-electron chi connectivity index (χ0n) is 16.9. The molecule has 0 radical (unpaired) electrons. The van der Waals surface area contributed by atoms with Crippen LogP contribution in [0.3, 0.4) is 0 Å². The Morgan fingerprint density at radius 3 is 1.76 bits per heavy atom. The molecule has 0 aliphatic rings. The van der Waals surface area contributed by atoms with Gasteiger partial charge in [-0.05, 0) is 36.4 Å². The topological polar surface area (TPSA) is 108 Å². The molecule has 3 aromatic carbocycles. The van der Waals surface area contributed by atoms with Crippen molar-refractivity contribution in [2.75, 3.05) is 0 Å². The summed E-state index contributed by atoms with van der Waals surface area (Å²) in [5.41, 5.74) is -3.19. The standard InChI is InChI=1S/C21H15NO3.CHF3O3S/c1-22-18-8-4-2-6-16(18)20(17-7-3-5-9-19(17)22)21(24)25-15-12-10-14(23)11-13-15;2-1(3,4)8(5,6)7/h2-13H,1H3;(H,5,6,7). The maximum absolute atomic E-state index is 12.9. The Hall–Kier alpha value is -3.70. The predicted octanol–water partition coefficient (Wildman–Crippen LogP) is 3.79. The van der Waals surface area contributed by atoms with E-state index in [1.165, 1.54) is 12.1 Å². The summed E-state index contributed by atoms with van der Waals surface area (Å²) >= 11 is 0. The second-order valence-electron chi connectivity index (χ2n) is 6.75. The number of aryl methyl sites for hydroxylation is 1. The minimum Gasteiger partial charge on any atom is -0.741 e. The monoisotopic (exact) mass is 479 g/mol. The largest absolute Gasteiger partial charge is 0.741 e. The van der Waals surface area contributed by atoms with E-state index in [1.807, 2.05) is 55.6 Å². The number of ether oxygens (including phenoxy) is 1. The Morgan fingerprint density at radius 2 is 1.33 bits per heavy atom. The van der Waals surface area contributed by atoms with Crippen LogP contribution in [0, 0.1) is 0 Å². The van der Waals surface area contributed by atoms with E-state index in [2.05, 4.69) is 4.57 Å². The third kappa shape index (κ3) is 5.21. The number of nitrogens with zero attached hydrogens (tertiary/aromatic N) is 1. The number of para-hydroxylation sites is 2. The molecule has 0 bridgehead atoms. The molecule has 11 heteroatoms. The third-order valence-electron chi connectivity index (χ3n) is 4.60. The van der Waals surface area contributed by atoms with Crippen LogP contribution in [-0.4, -0.2) is 29.6 Å². The Morgan fingerprint density at radius 1 is 0.909 bits per heavy atom. The normalized spacial score (nSPS) is 11.7. The maximum Gasteiger partial charge on any atom is 0.485 e. The summed E-state index contributed by atoms with van der Waals surface area (Å²) < 4.78 is 66.5. The zero-order valence-corrected chi connectivity index (χ0v) is 17.7. The van der Waals surface area contributed by atoms with Crippen LogP contribution in [-0.2, 0) is 17.2 Å². The highest BCUT2D eigenvalue weighted by Gasteiger charge is 2.36. The van der Waals surface area contributed by atoms with E-state index < -0.39 is 21.6 Å². The van der Waals surface area contributed by atoms with E-state index in [4.69, 9.17) is 17.7 Å².